The number of carbonyl (C=O) groups excluding carboxylic acids is 2. The Morgan fingerprint density at radius 2 is 1.86 bits per heavy atom. The molecule has 0 bridgehead atoms. The van der Waals surface area contributed by atoms with Crippen LogP contribution < -0.4 is 5.32 Å². The minimum atomic E-state index is -1.51. The number of nitrogens with one attached hydrogen (secondary N) is 1. The summed E-state index contributed by atoms with van der Waals surface area (Å²) in [7, 11) is 0. The number of carbonyl (C=O) groups is 2. The molecule has 1 rings (SSSR count). The Morgan fingerprint density at radius 1 is 1.24 bits per heavy atom. The van der Waals surface area contributed by atoms with Gasteiger partial charge in [-0.1, -0.05) is 30.3 Å². The third kappa shape index (κ3) is 5.43. The summed E-state index contributed by atoms with van der Waals surface area (Å²) in [5.41, 5.74) is 0.582. The van der Waals surface area contributed by atoms with Crippen molar-refractivity contribution in [3.8, 4) is 0 Å². The van der Waals surface area contributed by atoms with Crippen LogP contribution in [0.5, 0.6) is 0 Å². The lowest BCUT2D eigenvalue weighted by atomic mass is 10.0. The molecular formula is C15H21NO5. The van der Waals surface area contributed by atoms with E-state index in [1.807, 2.05) is 0 Å². The molecule has 0 fully saturated rings. The lowest BCUT2D eigenvalue weighted by Gasteiger charge is -2.23. The monoisotopic (exact) mass is 295 g/mol. The van der Waals surface area contributed by atoms with Gasteiger partial charge in [0.05, 0.1) is 18.8 Å². The van der Waals surface area contributed by atoms with Crippen molar-refractivity contribution in [1.29, 1.82) is 0 Å². The van der Waals surface area contributed by atoms with Crippen molar-refractivity contribution in [1.82, 2.24) is 5.32 Å². The summed E-state index contributed by atoms with van der Waals surface area (Å²) in [5.74, 6) is -0.796. The van der Waals surface area contributed by atoms with Crippen molar-refractivity contribution in [2.45, 2.75) is 39.0 Å². The van der Waals surface area contributed by atoms with Gasteiger partial charge in [0.2, 0.25) is 0 Å². The molecule has 0 aromatic heterocycles. The molecule has 6 heteroatoms. The Bertz CT molecular complexity index is 460. The van der Waals surface area contributed by atoms with E-state index in [1.54, 1.807) is 51.1 Å². The number of hydrogen-bond donors (Lipinski definition) is 2. The second kappa shape index (κ2) is 8.26. The molecule has 1 amide bonds. The number of ether oxygens (including phenoxy) is 2. The van der Waals surface area contributed by atoms with Gasteiger partial charge in [-0.05, 0) is 26.3 Å². The van der Waals surface area contributed by atoms with E-state index in [4.69, 9.17) is 9.47 Å². The summed E-state index contributed by atoms with van der Waals surface area (Å²) in [6.07, 6.45) is -2.58. The maximum absolute atomic E-state index is 11.8. The second-order valence-corrected chi connectivity index (χ2v) is 4.68. The number of aliphatic hydroxyl groups excluding tert-OH is 1. The second-order valence-electron chi connectivity index (χ2n) is 4.68. The zero-order valence-electron chi connectivity index (χ0n) is 12.4. The first kappa shape index (κ1) is 17.0. The summed E-state index contributed by atoms with van der Waals surface area (Å²) < 4.78 is 9.77. The molecule has 0 spiro atoms. The third-order valence-electron chi connectivity index (χ3n) is 2.62. The van der Waals surface area contributed by atoms with Gasteiger partial charge in [0.25, 0.3) is 0 Å². The lowest BCUT2D eigenvalue weighted by molar-refractivity contribution is -0.159. The number of esters is 1. The Labute approximate surface area is 124 Å². The van der Waals surface area contributed by atoms with Gasteiger partial charge < -0.3 is 19.9 Å². The van der Waals surface area contributed by atoms with Crippen molar-refractivity contribution in [2.24, 2.45) is 0 Å². The smallest absolute Gasteiger partial charge is 0.407 e. The first-order valence-corrected chi connectivity index (χ1v) is 6.82. The van der Waals surface area contributed by atoms with Gasteiger partial charge >= 0.3 is 12.1 Å². The molecule has 0 aliphatic heterocycles. The molecule has 6 nitrogen and oxygen atoms in total. The highest BCUT2D eigenvalue weighted by molar-refractivity contribution is 5.77. The molecule has 0 aliphatic carbocycles. The number of hydrogen-bond acceptors (Lipinski definition) is 5. The molecule has 0 saturated carbocycles. The van der Waals surface area contributed by atoms with E-state index in [1.165, 1.54) is 0 Å². The van der Waals surface area contributed by atoms with Gasteiger partial charge in [-0.15, -0.1) is 0 Å². The predicted molar refractivity (Wildman–Crippen MR) is 76.6 cm³/mol. The molecule has 1 aromatic carbocycles. The summed E-state index contributed by atoms with van der Waals surface area (Å²) in [5, 5.41) is 12.6. The predicted octanol–water partition coefficient (Wildman–Crippen LogP) is 1.79. The number of aliphatic hydroxyl groups is 1. The van der Waals surface area contributed by atoms with Crippen LogP contribution in [0.3, 0.4) is 0 Å². The van der Waals surface area contributed by atoms with Gasteiger partial charge in [0, 0.05) is 0 Å². The highest BCUT2D eigenvalue weighted by atomic mass is 16.6. The van der Waals surface area contributed by atoms with Crippen molar-refractivity contribution in [3.63, 3.8) is 0 Å². The number of amides is 1. The zero-order valence-corrected chi connectivity index (χ0v) is 12.4. The molecular weight excluding hydrogens is 274 g/mol. The molecule has 1 aromatic rings. The molecule has 0 aliphatic rings. The van der Waals surface area contributed by atoms with E-state index >= 15 is 0 Å². The van der Waals surface area contributed by atoms with E-state index < -0.39 is 24.2 Å². The fraction of sp³-hybridized carbons (Fsp3) is 0.467. The van der Waals surface area contributed by atoms with Crippen molar-refractivity contribution in [2.75, 3.05) is 6.61 Å². The highest BCUT2D eigenvalue weighted by Crippen LogP contribution is 2.18. The fourth-order valence-electron chi connectivity index (χ4n) is 1.74. The number of rotatable bonds is 6. The van der Waals surface area contributed by atoms with Crippen LogP contribution in [0.4, 0.5) is 4.79 Å². The van der Waals surface area contributed by atoms with Crippen LogP contribution in [0.15, 0.2) is 30.3 Å². The SMILES string of the molecule is CCOC(=O)N[C@@H](c1ccccc1)[C@@H](O)C(=O)OC(C)C. The first-order chi connectivity index (χ1) is 9.95. The van der Waals surface area contributed by atoms with E-state index in [2.05, 4.69) is 5.32 Å². The van der Waals surface area contributed by atoms with Crippen molar-refractivity contribution in [3.05, 3.63) is 35.9 Å². The van der Waals surface area contributed by atoms with Crippen LogP contribution in [0.2, 0.25) is 0 Å². The Kier molecular flexibility index (Phi) is 6.68. The maximum atomic E-state index is 11.8. The quantitative estimate of drug-likeness (QED) is 0.782. The maximum Gasteiger partial charge on any atom is 0.407 e. The van der Waals surface area contributed by atoms with E-state index in [0.717, 1.165) is 0 Å². The Balaban J connectivity index is 2.91. The summed E-state index contributed by atoms with van der Waals surface area (Å²) >= 11 is 0. The van der Waals surface area contributed by atoms with Crippen molar-refractivity contribution >= 4 is 12.1 Å². The third-order valence-corrected chi connectivity index (χ3v) is 2.62. The van der Waals surface area contributed by atoms with Crippen LogP contribution >= 0.6 is 0 Å². The van der Waals surface area contributed by atoms with Gasteiger partial charge in [0.1, 0.15) is 0 Å². The topological polar surface area (TPSA) is 84.9 Å². The van der Waals surface area contributed by atoms with Gasteiger partial charge in [-0.25, -0.2) is 9.59 Å². The van der Waals surface area contributed by atoms with Gasteiger partial charge in [-0.2, -0.15) is 0 Å². The zero-order chi connectivity index (χ0) is 15.8. The standard InChI is InChI=1S/C15H21NO5/c1-4-20-15(19)16-12(11-8-6-5-7-9-11)13(17)14(18)21-10(2)3/h5-10,12-13,17H,4H2,1-3H3,(H,16,19)/t12-,13+/m0/s1. The van der Waals surface area contributed by atoms with Crippen LogP contribution in [-0.2, 0) is 14.3 Å². The molecule has 2 atom stereocenters. The highest BCUT2D eigenvalue weighted by Gasteiger charge is 2.31. The molecule has 0 heterocycles. The molecule has 21 heavy (non-hydrogen) atoms. The Hall–Kier alpha value is -2.08. The van der Waals surface area contributed by atoms with Crippen LogP contribution in [0.1, 0.15) is 32.4 Å². The summed E-state index contributed by atoms with van der Waals surface area (Å²) in [6.45, 7) is 5.22. The van der Waals surface area contributed by atoms with Crippen LogP contribution in [0.25, 0.3) is 0 Å². The molecule has 0 radical (unpaired) electrons. The van der Waals surface area contributed by atoms with Crippen LogP contribution in [-0.4, -0.2) is 36.0 Å². The van der Waals surface area contributed by atoms with Gasteiger partial charge in [0.15, 0.2) is 6.10 Å². The summed E-state index contributed by atoms with van der Waals surface area (Å²) in [6, 6.07) is 7.75. The van der Waals surface area contributed by atoms with E-state index in [0.29, 0.717) is 5.56 Å². The normalized spacial score (nSPS) is 13.4. The minimum absolute atomic E-state index is 0.194. The molecule has 0 saturated heterocycles. The number of alkyl carbamates (subject to hydrolysis) is 1. The van der Waals surface area contributed by atoms with Crippen LogP contribution in [0, 0.1) is 0 Å². The van der Waals surface area contributed by atoms with E-state index in [9.17, 15) is 14.7 Å². The average molecular weight is 295 g/mol. The van der Waals surface area contributed by atoms with Gasteiger partial charge in [-0.3, -0.25) is 0 Å². The summed E-state index contributed by atoms with van der Waals surface area (Å²) in [4.78, 5) is 23.4. The minimum Gasteiger partial charge on any atom is -0.461 e. The number of benzene rings is 1. The van der Waals surface area contributed by atoms with E-state index in [-0.39, 0.29) is 12.7 Å². The molecule has 2 N–H and O–H groups in total. The fourth-order valence-corrected chi connectivity index (χ4v) is 1.74. The first-order valence-electron chi connectivity index (χ1n) is 6.82. The molecule has 0 unspecified atom stereocenters. The molecule has 116 valence electrons. The lowest BCUT2D eigenvalue weighted by Crippen LogP contribution is -2.41. The Morgan fingerprint density at radius 3 is 2.38 bits per heavy atom. The average Bonchev–Trinajstić information content (AvgIpc) is 2.44. The largest absolute Gasteiger partial charge is 0.461 e. The van der Waals surface area contributed by atoms with Crippen molar-refractivity contribution < 1.29 is 24.2 Å².